The Morgan fingerprint density at radius 2 is 2.00 bits per heavy atom. The molecule has 0 aliphatic heterocycles. The first kappa shape index (κ1) is 7.98. The zero-order valence-corrected chi connectivity index (χ0v) is 7.51. The third-order valence-electron chi connectivity index (χ3n) is 1.95. The Morgan fingerprint density at radius 1 is 1.23 bits per heavy atom. The van der Waals surface area contributed by atoms with E-state index < -0.39 is 0 Å². The third-order valence-corrected chi connectivity index (χ3v) is 1.95. The van der Waals surface area contributed by atoms with Crippen LogP contribution >= 0.6 is 0 Å². The van der Waals surface area contributed by atoms with E-state index in [-0.39, 0.29) is 0 Å². The SMILES string of the molecule is CCn1ncnc1-c1ccccc1. The molecule has 1 aromatic heterocycles. The maximum atomic E-state index is 4.21. The Hall–Kier alpha value is -1.64. The Kier molecular flexibility index (Phi) is 2.08. The predicted molar refractivity (Wildman–Crippen MR) is 51.1 cm³/mol. The number of hydrogen-bond donors (Lipinski definition) is 0. The summed E-state index contributed by atoms with van der Waals surface area (Å²) in [5.74, 6) is 0.933. The number of hydrogen-bond acceptors (Lipinski definition) is 2. The second kappa shape index (κ2) is 3.39. The van der Waals surface area contributed by atoms with Gasteiger partial charge in [-0.2, -0.15) is 5.10 Å². The van der Waals surface area contributed by atoms with E-state index in [1.807, 2.05) is 35.0 Å². The zero-order valence-electron chi connectivity index (χ0n) is 7.51. The summed E-state index contributed by atoms with van der Waals surface area (Å²) >= 11 is 0. The van der Waals surface area contributed by atoms with Crippen molar-refractivity contribution in [3.05, 3.63) is 36.7 Å². The summed E-state index contributed by atoms with van der Waals surface area (Å²) in [4.78, 5) is 4.21. The van der Waals surface area contributed by atoms with Crippen LogP contribution in [0.2, 0.25) is 0 Å². The lowest BCUT2D eigenvalue weighted by molar-refractivity contribution is 0.666. The van der Waals surface area contributed by atoms with Crippen LogP contribution in [0.25, 0.3) is 11.4 Å². The predicted octanol–water partition coefficient (Wildman–Crippen LogP) is 1.96. The van der Waals surface area contributed by atoms with E-state index in [1.165, 1.54) is 0 Å². The van der Waals surface area contributed by atoms with Gasteiger partial charge in [0.05, 0.1) is 0 Å². The average molecular weight is 173 g/mol. The molecule has 13 heavy (non-hydrogen) atoms. The van der Waals surface area contributed by atoms with Crippen LogP contribution in [0.3, 0.4) is 0 Å². The summed E-state index contributed by atoms with van der Waals surface area (Å²) in [6.07, 6.45) is 1.59. The minimum Gasteiger partial charge on any atom is -0.246 e. The van der Waals surface area contributed by atoms with Crippen LogP contribution in [0.15, 0.2) is 36.7 Å². The molecule has 0 amide bonds. The maximum Gasteiger partial charge on any atom is 0.158 e. The van der Waals surface area contributed by atoms with Gasteiger partial charge in [0.25, 0.3) is 0 Å². The summed E-state index contributed by atoms with van der Waals surface area (Å²) in [7, 11) is 0. The fourth-order valence-corrected chi connectivity index (χ4v) is 1.31. The van der Waals surface area contributed by atoms with Crippen LogP contribution in [0.5, 0.6) is 0 Å². The monoisotopic (exact) mass is 173 g/mol. The molecule has 0 radical (unpaired) electrons. The van der Waals surface area contributed by atoms with Gasteiger partial charge in [0, 0.05) is 12.1 Å². The molecule has 3 nitrogen and oxygen atoms in total. The van der Waals surface area contributed by atoms with Crippen LogP contribution in [-0.4, -0.2) is 14.8 Å². The number of aryl methyl sites for hydroxylation is 1. The first-order valence-electron chi connectivity index (χ1n) is 4.35. The van der Waals surface area contributed by atoms with Gasteiger partial charge in [0.15, 0.2) is 5.82 Å². The van der Waals surface area contributed by atoms with E-state index in [0.717, 1.165) is 17.9 Å². The summed E-state index contributed by atoms with van der Waals surface area (Å²) < 4.78 is 1.88. The van der Waals surface area contributed by atoms with Gasteiger partial charge in [-0.1, -0.05) is 30.3 Å². The molecule has 0 saturated heterocycles. The summed E-state index contributed by atoms with van der Waals surface area (Å²) in [6.45, 7) is 2.91. The highest BCUT2D eigenvalue weighted by molar-refractivity contribution is 5.54. The summed E-state index contributed by atoms with van der Waals surface area (Å²) in [5, 5.41) is 4.12. The van der Waals surface area contributed by atoms with E-state index in [1.54, 1.807) is 6.33 Å². The Bertz CT molecular complexity index is 378. The molecule has 0 fully saturated rings. The highest BCUT2D eigenvalue weighted by Crippen LogP contribution is 2.14. The smallest absolute Gasteiger partial charge is 0.158 e. The Labute approximate surface area is 77.0 Å². The Balaban J connectivity index is 2.47. The van der Waals surface area contributed by atoms with Gasteiger partial charge in [-0.05, 0) is 6.92 Å². The molecule has 0 unspecified atom stereocenters. The van der Waals surface area contributed by atoms with Gasteiger partial charge in [-0.15, -0.1) is 0 Å². The van der Waals surface area contributed by atoms with E-state index in [2.05, 4.69) is 17.0 Å². The van der Waals surface area contributed by atoms with E-state index in [9.17, 15) is 0 Å². The molecule has 0 aliphatic rings. The molecular weight excluding hydrogens is 162 g/mol. The fraction of sp³-hybridized carbons (Fsp3) is 0.200. The summed E-state index contributed by atoms with van der Waals surface area (Å²) in [5.41, 5.74) is 1.11. The summed E-state index contributed by atoms with van der Waals surface area (Å²) in [6, 6.07) is 10.1. The molecule has 1 aromatic carbocycles. The molecular formula is C10H11N3. The van der Waals surface area contributed by atoms with Crippen molar-refractivity contribution in [1.29, 1.82) is 0 Å². The molecule has 0 N–H and O–H groups in total. The van der Waals surface area contributed by atoms with Crippen molar-refractivity contribution < 1.29 is 0 Å². The lowest BCUT2D eigenvalue weighted by Crippen LogP contribution is -1.98. The van der Waals surface area contributed by atoms with Crippen molar-refractivity contribution in [2.75, 3.05) is 0 Å². The van der Waals surface area contributed by atoms with Gasteiger partial charge in [0.2, 0.25) is 0 Å². The van der Waals surface area contributed by atoms with Crippen molar-refractivity contribution in [2.24, 2.45) is 0 Å². The number of benzene rings is 1. The van der Waals surface area contributed by atoms with Crippen molar-refractivity contribution in [3.63, 3.8) is 0 Å². The number of aromatic nitrogens is 3. The molecule has 66 valence electrons. The third kappa shape index (κ3) is 1.45. The van der Waals surface area contributed by atoms with Gasteiger partial charge in [-0.25, -0.2) is 9.67 Å². The standard InChI is InChI=1S/C10H11N3/c1-2-13-10(11-8-12-13)9-6-4-3-5-7-9/h3-8H,2H2,1H3. The quantitative estimate of drug-likeness (QED) is 0.695. The van der Waals surface area contributed by atoms with Crippen molar-refractivity contribution in [2.45, 2.75) is 13.5 Å². The van der Waals surface area contributed by atoms with Crippen molar-refractivity contribution in [3.8, 4) is 11.4 Å². The largest absolute Gasteiger partial charge is 0.246 e. The maximum absolute atomic E-state index is 4.21. The number of nitrogens with zero attached hydrogens (tertiary/aromatic N) is 3. The number of rotatable bonds is 2. The van der Waals surface area contributed by atoms with E-state index in [0.29, 0.717) is 0 Å². The molecule has 2 aromatic rings. The van der Waals surface area contributed by atoms with Gasteiger partial charge in [0.1, 0.15) is 6.33 Å². The average Bonchev–Trinajstić information content (AvgIpc) is 2.67. The lowest BCUT2D eigenvalue weighted by atomic mass is 10.2. The molecule has 0 bridgehead atoms. The van der Waals surface area contributed by atoms with Crippen LogP contribution in [0, 0.1) is 0 Å². The molecule has 2 rings (SSSR count). The van der Waals surface area contributed by atoms with Crippen molar-refractivity contribution in [1.82, 2.24) is 14.8 Å². The first-order valence-corrected chi connectivity index (χ1v) is 4.35. The van der Waals surface area contributed by atoms with E-state index in [4.69, 9.17) is 0 Å². The molecule has 1 heterocycles. The second-order valence-corrected chi connectivity index (χ2v) is 2.77. The van der Waals surface area contributed by atoms with Gasteiger partial charge < -0.3 is 0 Å². The second-order valence-electron chi connectivity index (χ2n) is 2.77. The van der Waals surface area contributed by atoms with Crippen LogP contribution in [0.4, 0.5) is 0 Å². The topological polar surface area (TPSA) is 30.7 Å². The van der Waals surface area contributed by atoms with Crippen molar-refractivity contribution >= 4 is 0 Å². The van der Waals surface area contributed by atoms with Crippen LogP contribution < -0.4 is 0 Å². The normalized spacial score (nSPS) is 10.2. The lowest BCUT2D eigenvalue weighted by Gasteiger charge is -2.01. The molecule has 0 aliphatic carbocycles. The molecule has 0 atom stereocenters. The van der Waals surface area contributed by atoms with Crippen LogP contribution in [0.1, 0.15) is 6.92 Å². The van der Waals surface area contributed by atoms with E-state index >= 15 is 0 Å². The zero-order chi connectivity index (χ0) is 9.10. The molecule has 3 heteroatoms. The highest BCUT2D eigenvalue weighted by Gasteiger charge is 2.03. The minimum absolute atomic E-state index is 0.851. The highest BCUT2D eigenvalue weighted by atomic mass is 15.3. The fourth-order valence-electron chi connectivity index (χ4n) is 1.31. The minimum atomic E-state index is 0.851. The Morgan fingerprint density at radius 3 is 2.69 bits per heavy atom. The van der Waals surface area contributed by atoms with Gasteiger partial charge in [-0.3, -0.25) is 0 Å². The van der Waals surface area contributed by atoms with Gasteiger partial charge >= 0.3 is 0 Å². The molecule has 0 spiro atoms. The molecule has 0 saturated carbocycles. The first-order chi connectivity index (χ1) is 6.42. The van der Waals surface area contributed by atoms with Crippen LogP contribution in [-0.2, 0) is 6.54 Å².